The predicted molar refractivity (Wildman–Crippen MR) is 233 cm³/mol. The van der Waals surface area contributed by atoms with E-state index in [4.69, 9.17) is 16.6 Å². The molecular weight excluding hydrogens is 829 g/mol. The van der Waals surface area contributed by atoms with Gasteiger partial charge in [-0.2, -0.15) is 0 Å². The van der Waals surface area contributed by atoms with Gasteiger partial charge in [0.1, 0.15) is 17.5 Å². The molecule has 9 nitrogen and oxygen atoms in total. The van der Waals surface area contributed by atoms with E-state index in [1.807, 2.05) is 36.9 Å². The van der Waals surface area contributed by atoms with Gasteiger partial charge in [-0.15, -0.1) is 23.1 Å². The monoisotopic (exact) mass is 870 g/mol. The van der Waals surface area contributed by atoms with Crippen molar-refractivity contribution in [2.24, 2.45) is 5.41 Å². The van der Waals surface area contributed by atoms with Crippen molar-refractivity contribution >= 4 is 74.5 Å². The number of pyridine rings is 1. The summed E-state index contributed by atoms with van der Waals surface area (Å²) in [7, 11) is 0. The average molecular weight is 871 g/mol. The van der Waals surface area contributed by atoms with E-state index in [-0.39, 0.29) is 39.4 Å². The van der Waals surface area contributed by atoms with E-state index in [2.05, 4.69) is 33.9 Å². The molecule has 0 saturated carbocycles. The van der Waals surface area contributed by atoms with Gasteiger partial charge in [0.05, 0.1) is 38.1 Å². The molecule has 2 fully saturated rings. The molecule has 1 spiro atoms. The van der Waals surface area contributed by atoms with E-state index in [0.717, 1.165) is 79.0 Å². The lowest BCUT2D eigenvalue weighted by atomic mass is 9.72. The number of thioether (sulfide) groups is 1. The van der Waals surface area contributed by atoms with Crippen LogP contribution in [-0.2, 0) is 11.2 Å². The second kappa shape index (κ2) is 15.9. The number of halogens is 4. The van der Waals surface area contributed by atoms with Crippen molar-refractivity contribution in [1.29, 1.82) is 0 Å². The van der Waals surface area contributed by atoms with Gasteiger partial charge in [-0.1, -0.05) is 42.8 Å². The van der Waals surface area contributed by atoms with Gasteiger partial charge in [0.2, 0.25) is 0 Å². The normalized spacial score (nSPS) is 21.7. The highest BCUT2D eigenvalue weighted by atomic mass is 35.5. The molecule has 310 valence electrons. The Kier molecular flexibility index (Phi) is 10.7. The van der Waals surface area contributed by atoms with Gasteiger partial charge in [-0.25, -0.2) is 18.2 Å². The van der Waals surface area contributed by atoms with E-state index in [1.165, 1.54) is 17.0 Å². The maximum absolute atomic E-state index is 14.9. The van der Waals surface area contributed by atoms with Crippen molar-refractivity contribution < 1.29 is 27.6 Å². The number of hydrogen-bond acceptors (Lipinski definition) is 8. The number of fused-ring (bicyclic) bond motifs is 3. The summed E-state index contributed by atoms with van der Waals surface area (Å²) in [6.07, 6.45) is 11.4. The Morgan fingerprint density at radius 1 is 0.983 bits per heavy atom. The van der Waals surface area contributed by atoms with Gasteiger partial charge in [-0.3, -0.25) is 14.4 Å². The molecule has 15 heteroatoms. The van der Waals surface area contributed by atoms with E-state index in [0.29, 0.717) is 57.2 Å². The molecule has 2 unspecified atom stereocenters. The average Bonchev–Trinajstić information content (AvgIpc) is 3.81. The fourth-order valence-corrected chi connectivity index (χ4v) is 11.1. The number of nitrogens with one attached hydrogen (secondary N) is 3. The van der Waals surface area contributed by atoms with Gasteiger partial charge >= 0.3 is 0 Å². The number of carbonyl (C=O) groups excluding carboxylic acids is 3. The summed E-state index contributed by atoms with van der Waals surface area (Å²) in [5.41, 5.74) is 2.56. The molecule has 4 aromatic rings. The first-order valence-electron chi connectivity index (χ1n) is 20.0. The number of anilines is 3. The van der Waals surface area contributed by atoms with Crippen LogP contribution in [0, 0.1) is 22.9 Å². The van der Waals surface area contributed by atoms with Crippen LogP contribution in [0.1, 0.15) is 70.8 Å². The van der Waals surface area contributed by atoms with Gasteiger partial charge in [-0.05, 0) is 100 Å². The van der Waals surface area contributed by atoms with Crippen molar-refractivity contribution in [2.45, 2.75) is 56.7 Å². The quantitative estimate of drug-likeness (QED) is 0.170. The minimum atomic E-state index is -1.01. The molecule has 2 aromatic heterocycles. The Morgan fingerprint density at radius 2 is 1.78 bits per heavy atom. The lowest BCUT2D eigenvalue weighted by molar-refractivity contribution is -0.114. The number of carbonyl (C=O) groups is 3. The van der Waals surface area contributed by atoms with Crippen LogP contribution in [0.15, 0.2) is 78.4 Å². The Balaban J connectivity index is 0.916. The second-order valence-electron chi connectivity index (χ2n) is 16.5. The summed E-state index contributed by atoms with van der Waals surface area (Å²) < 4.78 is 43.0. The topological polar surface area (TPSA) is 107 Å². The number of nitrogens with zero attached hydrogens (tertiary/aromatic N) is 3. The third-order valence-corrected chi connectivity index (χ3v) is 14.7. The third kappa shape index (κ3) is 7.78. The fraction of sp³-hybridized carbons (Fsp3) is 0.333. The van der Waals surface area contributed by atoms with Crippen LogP contribution < -0.4 is 25.8 Å². The van der Waals surface area contributed by atoms with Gasteiger partial charge in [0.25, 0.3) is 17.7 Å². The van der Waals surface area contributed by atoms with Crippen LogP contribution in [0.4, 0.5) is 30.4 Å². The van der Waals surface area contributed by atoms with E-state index >= 15 is 0 Å². The van der Waals surface area contributed by atoms with Crippen LogP contribution >= 0.6 is 34.7 Å². The summed E-state index contributed by atoms with van der Waals surface area (Å²) in [5.74, 6) is -2.93. The molecular formula is C45H42ClF3N6O3S2. The highest BCUT2D eigenvalue weighted by Crippen LogP contribution is 2.45. The van der Waals surface area contributed by atoms with Crippen LogP contribution in [-0.4, -0.2) is 66.2 Å². The molecule has 2 saturated heterocycles. The molecule has 3 N–H and O–H groups in total. The van der Waals surface area contributed by atoms with Crippen molar-refractivity contribution in [1.82, 2.24) is 15.6 Å². The van der Waals surface area contributed by atoms with Crippen molar-refractivity contribution in [3.8, 4) is 10.4 Å². The first kappa shape index (κ1) is 40.5. The van der Waals surface area contributed by atoms with E-state index < -0.39 is 28.9 Å². The largest absolute Gasteiger partial charge is 0.355 e. The number of aromatic nitrogens is 1. The Morgan fingerprint density at radius 3 is 2.50 bits per heavy atom. The minimum absolute atomic E-state index is 0.187. The number of hydrogen-bond donors (Lipinski definition) is 3. The third-order valence-electron chi connectivity index (χ3n) is 12.0. The molecule has 2 atom stereocenters. The standard InChI is InChI=1S/C45H42ClF3N6O3S2/c1-25-3-8-36(59-25)34-7-6-31(40(51-34)54-23-45(24-54)14-16-50-17-15-45)41(56)53-44(2)12-9-26(10-13-44)43(58)55-18-11-27-19-37(60-39(27)30-5-4-28(47)22-35(30)55)42(57)52-38-32(46)20-29(48)21-33(38)49/h4-10,12,19-22,25,50H,3,11,13-18,23-24H2,1-2H3,(H,52,57)(H,53,56). The lowest BCUT2D eigenvalue weighted by Crippen LogP contribution is -2.60. The zero-order valence-corrected chi connectivity index (χ0v) is 35.4. The summed E-state index contributed by atoms with van der Waals surface area (Å²) in [6.45, 7) is 8.02. The van der Waals surface area contributed by atoms with Gasteiger partial charge < -0.3 is 25.8 Å². The predicted octanol–water partition coefficient (Wildman–Crippen LogP) is 9.15. The zero-order chi connectivity index (χ0) is 41.9. The Labute approximate surface area is 359 Å². The maximum atomic E-state index is 14.9. The molecule has 1 aliphatic carbocycles. The number of piperidine rings is 1. The van der Waals surface area contributed by atoms with Crippen molar-refractivity contribution in [2.75, 3.05) is 47.8 Å². The number of thiophene rings is 1. The smallest absolute Gasteiger partial charge is 0.265 e. The first-order valence-corrected chi connectivity index (χ1v) is 22.1. The molecule has 0 radical (unpaired) electrons. The van der Waals surface area contributed by atoms with Crippen molar-refractivity contribution in [3.63, 3.8) is 0 Å². The highest BCUT2D eigenvalue weighted by Gasteiger charge is 2.45. The summed E-state index contributed by atoms with van der Waals surface area (Å²) >= 11 is 8.94. The van der Waals surface area contributed by atoms with Crippen LogP contribution in [0.2, 0.25) is 5.02 Å². The number of amides is 3. The van der Waals surface area contributed by atoms with Crippen molar-refractivity contribution in [3.05, 3.63) is 123 Å². The molecule has 60 heavy (non-hydrogen) atoms. The molecule has 5 aliphatic rings. The molecule has 0 bridgehead atoms. The van der Waals surface area contributed by atoms with E-state index in [9.17, 15) is 27.6 Å². The Hall–Kier alpha value is -4.89. The molecule has 6 heterocycles. The van der Waals surface area contributed by atoms with Crippen LogP contribution in [0.25, 0.3) is 15.3 Å². The molecule has 3 amide bonds. The fourth-order valence-electron chi connectivity index (χ4n) is 8.68. The highest BCUT2D eigenvalue weighted by molar-refractivity contribution is 8.09. The zero-order valence-electron chi connectivity index (χ0n) is 33.0. The molecule has 4 aliphatic heterocycles. The summed E-state index contributed by atoms with van der Waals surface area (Å²) in [6, 6.07) is 11.2. The number of allylic oxidation sites excluding steroid dienone is 1. The lowest BCUT2D eigenvalue weighted by Gasteiger charge is -2.53. The Bertz CT molecular complexity index is 2520. The van der Waals surface area contributed by atoms with Gasteiger partial charge in [0.15, 0.2) is 5.82 Å². The first-order chi connectivity index (χ1) is 28.8. The minimum Gasteiger partial charge on any atom is -0.355 e. The number of benzene rings is 2. The SMILES string of the molecule is CC1CC=C(c2ccc(C(=O)NC3(C)C=CC(C(=O)N4CCc5cc(C(=O)Nc6c(F)cc(F)cc6Cl)sc5-c5ccc(F)cc54)=CC3)c(N3CC4(CCNCC4)C3)n2)S1. The van der Waals surface area contributed by atoms with Gasteiger partial charge in [0, 0.05) is 57.3 Å². The summed E-state index contributed by atoms with van der Waals surface area (Å²) in [4.78, 5) is 52.6. The molecule has 2 aromatic carbocycles. The van der Waals surface area contributed by atoms with E-state index in [1.54, 1.807) is 24.3 Å². The summed E-state index contributed by atoms with van der Waals surface area (Å²) in [5, 5.41) is 9.33. The van der Waals surface area contributed by atoms with Crippen LogP contribution in [0.3, 0.4) is 0 Å². The number of rotatable bonds is 7. The van der Waals surface area contributed by atoms with Crippen LogP contribution in [0.5, 0.6) is 0 Å². The maximum Gasteiger partial charge on any atom is 0.265 e. The molecule has 9 rings (SSSR count). The second-order valence-corrected chi connectivity index (χ2v) is 19.4.